The molecular weight excluding hydrogens is 258 g/mol. The van der Waals surface area contributed by atoms with Gasteiger partial charge in [-0.05, 0) is 13.8 Å². The van der Waals surface area contributed by atoms with Crippen LogP contribution in [0.1, 0.15) is 27.2 Å². The highest BCUT2D eigenvalue weighted by Crippen LogP contribution is 2.28. The van der Waals surface area contributed by atoms with Gasteiger partial charge in [0.2, 0.25) is 0 Å². The van der Waals surface area contributed by atoms with Crippen LogP contribution in [0.5, 0.6) is 0 Å². The third-order valence-corrected chi connectivity index (χ3v) is 4.12. The minimum absolute atomic E-state index is 0.472. The van der Waals surface area contributed by atoms with E-state index in [1.54, 1.807) is 17.9 Å². The number of aromatic nitrogens is 3. The maximum absolute atomic E-state index is 10.1. The first-order valence-electron chi connectivity index (χ1n) is 5.27. The summed E-state index contributed by atoms with van der Waals surface area (Å²) in [5, 5.41) is 15.9. The standard InChI is InChI=1S/C11H14ClN3OS/c1-6-8(11(12)15(3)14-6)4-9(16)10-5-13-7(2)17-10/h5,9,16H,4H2,1-3H3. The Hall–Kier alpha value is -0.910. The molecule has 0 saturated carbocycles. The first-order chi connectivity index (χ1) is 7.99. The zero-order valence-corrected chi connectivity index (χ0v) is 11.5. The summed E-state index contributed by atoms with van der Waals surface area (Å²) < 4.78 is 1.62. The lowest BCUT2D eigenvalue weighted by Gasteiger charge is -2.07. The molecule has 1 unspecified atom stereocenters. The maximum Gasteiger partial charge on any atom is 0.130 e. The van der Waals surface area contributed by atoms with Gasteiger partial charge in [-0.1, -0.05) is 11.6 Å². The van der Waals surface area contributed by atoms with Gasteiger partial charge in [-0.15, -0.1) is 11.3 Å². The highest BCUT2D eigenvalue weighted by Gasteiger charge is 2.18. The predicted octanol–water partition coefficient (Wildman–Crippen LogP) is 2.42. The third-order valence-electron chi connectivity index (χ3n) is 2.63. The van der Waals surface area contributed by atoms with E-state index >= 15 is 0 Å². The van der Waals surface area contributed by atoms with Gasteiger partial charge in [0.05, 0.1) is 21.7 Å². The largest absolute Gasteiger partial charge is 0.387 e. The number of aliphatic hydroxyl groups is 1. The van der Waals surface area contributed by atoms with E-state index in [-0.39, 0.29) is 0 Å². The van der Waals surface area contributed by atoms with Crippen molar-refractivity contribution in [3.63, 3.8) is 0 Å². The predicted molar refractivity (Wildman–Crippen MR) is 68.5 cm³/mol. The van der Waals surface area contributed by atoms with E-state index in [0.29, 0.717) is 11.6 Å². The summed E-state index contributed by atoms with van der Waals surface area (Å²) in [5.41, 5.74) is 1.76. The summed E-state index contributed by atoms with van der Waals surface area (Å²) in [6.45, 7) is 3.81. The normalized spacial score (nSPS) is 13.0. The monoisotopic (exact) mass is 271 g/mol. The van der Waals surface area contributed by atoms with Crippen molar-refractivity contribution in [2.75, 3.05) is 0 Å². The molecule has 0 saturated heterocycles. The zero-order chi connectivity index (χ0) is 12.6. The fourth-order valence-corrected chi connectivity index (χ4v) is 2.75. The van der Waals surface area contributed by atoms with E-state index in [0.717, 1.165) is 21.1 Å². The Morgan fingerprint density at radius 2 is 2.24 bits per heavy atom. The number of hydrogen-bond acceptors (Lipinski definition) is 4. The first-order valence-corrected chi connectivity index (χ1v) is 6.47. The zero-order valence-electron chi connectivity index (χ0n) is 9.94. The van der Waals surface area contributed by atoms with Crippen LogP contribution in [0.3, 0.4) is 0 Å². The van der Waals surface area contributed by atoms with E-state index < -0.39 is 6.10 Å². The second kappa shape index (κ2) is 4.76. The lowest BCUT2D eigenvalue weighted by Crippen LogP contribution is -2.00. The Morgan fingerprint density at radius 3 is 2.71 bits per heavy atom. The molecule has 0 bridgehead atoms. The number of rotatable bonds is 3. The molecule has 0 aromatic carbocycles. The second-order valence-electron chi connectivity index (χ2n) is 3.98. The summed E-state index contributed by atoms with van der Waals surface area (Å²) in [6, 6.07) is 0. The molecule has 0 aliphatic rings. The molecular formula is C11H14ClN3OS. The minimum Gasteiger partial charge on any atom is -0.387 e. The van der Waals surface area contributed by atoms with Crippen molar-refractivity contribution in [2.45, 2.75) is 26.4 Å². The van der Waals surface area contributed by atoms with Crippen LogP contribution in [-0.4, -0.2) is 19.9 Å². The molecule has 1 N–H and O–H groups in total. The van der Waals surface area contributed by atoms with Crippen LogP contribution in [-0.2, 0) is 13.5 Å². The first kappa shape index (κ1) is 12.5. The second-order valence-corrected chi connectivity index (χ2v) is 5.60. The van der Waals surface area contributed by atoms with Crippen LogP contribution in [0, 0.1) is 13.8 Å². The topological polar surface area (TPSA) is 50.9 Å². The van der Waals surface area contributed by atoms with Gasteiger partial charge in [0.25, 0.3) is 0 Å². The lowest BCUT2D eigenvalue weighted by molar-refractivity contribution is 0.182. The molecule has 0 aliphatic carbocycles. The number of aryl methyl sites for hydroxylation is 3. The highest BCUT2D eigenvalue weighted by molar-refractivity contribution is 7.11. The Labute approximate surface area is 109 Å². The van der Waals surface area contributed by atoms with Crippen molar-refractivity contribution >= 4 is 22.9 Å². The molecule has 2 rings (SSSR count). The SMILES string of the molecule is Cc1ncc(C(O)Cc2c(C)nn(C)c2Cl)s1. The molecule has 0 spiro atoms. The Balaban J connectivity index is 2.21. The summed E-state index contributed by atoms with van der Waals surface area (Å²) in [7, 11) is 1.79. The molecule has 0 amide bonds. The number of aliphatic hydroxyl groups excluding tert-OH is 1. The van der Waals surface area contributed by atoms with Gasteiger partial charge in [0.1, 0.15) is 5.15 Å². The van der Waals surface area contributed by atoms with Crippen molar-refractivity contribution in [3.8, 4) is 0 Å². The number of halogens is 1. The van der Waals surface area contributed by atoms with Crippen LogP contribution < -0.4 is 0 Å². The van der Waals surface area contributed by atoms with Gasteiger partial charge in [-0.3, -0.25) is 4.68 Å². The summed E-state index contributed by atoms with van der Waals surface area (Å²) in [4.78, 5) is 5.00. The maximum atomic E-state index is 10.1. The van der Waals surface area contributed by atoms with Crippen LogP contribution in [0.4, 0.5) is 0 Å². The van der Waals surface area contributed by atoms with E-state index in [1.165, 1.54) is 11.3 Å². The van der Waals surface area contributed by atoms with Crippen LogP contribution in [0.25, 0.3) is 0 Å². The summed E-state index contributed by atoms with van der Waals surface area (Å²) in [6.07, 6.45) is 1.62. The molecule has 2 aromatic rings. The molecule has 0 fully saturated rings. The minimum atomic E-state index is -0.568. The molecule has 2 aromatic heterocycles. The quantitative estimate of drug-likeness (QED) is 0.933. The van der Waals surface area contributed by atoms with Gasteiger partial charge in [-0.2, -0.15) is 5.10 Å². The van der Waals surface area contributed by atoms with E-state index in [4.69, 9.17) is 11.6 Å². The molecule has 17 heavy (non-hydrogen) atoms. The van der Waals surface area contributed by atoms with E-state index in [9.17, 15) is 5.11 Å². The molecule has 0 aliphatic heterocycles. The van der Waals surface area contributed by atoms with Gasteiger partial charge in [-0.25, -0.2) is 4.98 Å². The molecule has 1 atom stereocenters. The fourth-order valence-electron chi connectivity index (χ4n) is 1.73. The van der Waals surface area contributed by atoms with Crippen molar-refractivity contribution in [2.24, 2.45) is 7.05 Å². The average molecular weight is 272 g/mol. The number of nitrogens with zero attached hydrogens (tertiary/aromatic N) is 3. The van der Waals surface area contributed by atoms with Gasteiger partial charge in [0.15, 0.2) is 0 Å². The summed E-state index contributed by atoms with van der Waals surface area (Å²) >= 11 is 7.63. The van der Waals surface area contributed by atoms with Gasteiger partial charge < -0.3 is 5.11 Å². The van der Waals surface area contributed by atoms with Crippen LogP contribution in [0.2, 0.25) is 5.15 Å². The van der Waals surface area contributed by atoms with Crippen molar-refractivity contribution in [3.05, 3.63) is 32.5 Å². The van der Waals surface area contributed by atoms with E-state index in [1.807, 2.05) is 13.8 Å². The molecule has 4 nitrogen and oxygen atoms in total. The van der Waals surface area contributed by atoms with Crippen LogP contribution in [0.15, 0.2) is 6.20 Å². The molecule has 6 heteroatoms. The Kier molecular flexibility index (Phi) is 3.51. The van der Waals surface area contributed by atoms with Gasteiger partial charge in [0, 0.05) is 25.2 Å². The summed E-state index contributed by atoms with van der Waals surface area (Å²) in [5.74, 6) is 0. The number of hydrogen-bond donors (Lipinski definition) is 1. The highest BCUT2D eigenvalue weighted by atomic mass is 35.5. The van der Waals surface area contributed by atoms with Crippen molar-refractivity contribution < 1.29 is 5.11 Å². The van der Waals surface area contributed by atoms with Crippen molar-refractivity contribution in [1.29, 1.82) is 0 Å². The van der Waals surface area contributed by atoms with Crippen molar-refractivity contribution in [1.82, 2.24) is 14.8 Å². The Bertz CT molecular complexity index is 535. The van der Waals surface area contributed by atoms with Crippen LogP contribution >= 0.6 is 22.9 Å². The van der Waals surface area contributed by atoms with E-state index in [2.05, 4.69) is 10.1 Å². The Morgan fingerprint density at radius 1 is 1.53 bits per heavy atom. The lowest BCUT2D eigenvalue weighted by atomic mass is 10.1. The molecule has 2 heterocycles. The number of thiazole rings is 1. The fraction of sp³-hybridized carbons (Fsp3) is 0.455. The smallest absolute Gasteiger partial charge is 0.130 e. The molecule has 92 valence electrons. The third kappa shape index (κ3) is 2.51. The van der Waals surface area contributed by atoms with Gasteiger partial charge >= 0.3 is 0 Å². The molecule has 0 radical (unpaired) electrons. The average Bonchev–Trinajstić information content (AvgIpc) is 2.79.